The van der Waals surface area contributed by atoms with Gasteiger partial charge in [0.1, 0.15) is 0 Å². The summed E-state index contributed by atoms with van der Waals surface area (Å²) in [5, 5.41) is 15.0. The van der Waals surface area contributed by atoms with Crippen LogP contribution in [-0.2, 0) is 0 Å². The lowest BCUT2D eigenvalue weighted by Gasteiger charge is -2.26. The van der Waals surface area contributed by atoms with E-state index in [1.165, 1.54) is 0 Å². The van der Waals surface area contributed by atoms with E-state index in [0.717, 1.165) is 0 Å². The number of nitrogens with one attached hydrogen (secondary N) is 2. The zero-order chi connectivity index (χ0) is 10.5. The molecule has 0 aliphatic heterocycles. The van der Waals surface area contributed by atoms with Crippen LogP contribution in [0.4, 0.5) is 4.79 Å². The molecule has 0 heterocycles. The van der Waals surface area contributed by atoms with Crippen molar-refractivity contribution in [2.75, 3.05) is 13.1 Å². The topological polar surface area (TPSA) is 87.4 Å². The summed E-state index contributed by atoms with van der Waals surface area (Å²) in [6, 6.07) is -0.556. The average Bonchev–Trinajstić information content (AvgIpc) is 1.95. The minimum Gasteiger partial charge on any atom is -0.389 e. The predicted octanol–water partition coefficient (Wildman–Crippen LogP) is -0.596. The lowest BCUT2D eigenvalue weighted by molar-refractivity contribution is 0.0447. The molecule has 0 radical (unpaired) electrons. The summed E-state index contributed by atoms with van der Waals surface area (Å²) in [6.45, 7) is 6.40. The SMILES string of the molecule is CC(NCCNC(N)=O)C(C)(C)O. The van der Waals surface area contributed by atoms with E-state index in [0.29, 0.717) is 13.1 Å². The van der Waals surface area contributed by atoms with Crippen molar-refractivity contribution in [2.24, 2.45) is 5.73 Å². The van der Waals surface area contributed by atoms with E-state index in [9.17, 15) is 9.90 Å². The fraction of sp³-hybridized carbons (Fsp3) is 0.875. The van der Waals surface area contributed by atoms with E-state index in [1.807, 2.05) is 6.92 Å². The van der Waals surface area contributed by atoms with E-state index < -0.39 is 11.6 Å². The largest absolute Gasteiger partial charge is 0.389 e. The van der Waals surface area contributed by atoms with Gasteiger partial charge in [-0.15, -0.1) is 0 Å². The van der Waals surface area contributed by atoms with E-state index in [-0.39, 0.29) is 6.04 Å². The van der Waals surface area contributed by atoms with E-state index >= 15 is 0 Å². The summed E-state index contributed by atoms with van der Waals surface area (Å²) in [4.78, 5) is 10.3. The molecule has 2 amide bonds. The normalized spacial score (nSPS) is 13.8. The Balaban J connectivity index is 3.49. The average molecular weight is 189 g/mol. The third-order valence-corrected chi connectivity index (χ3v) is 1.93. The Labute approximate surface area is 78.7 Å². The Kier molecular flexibility index (Phi) is 4.72. The number of carbonyl (C=O) groups is 1. The highest BCUT2D eigenvalue weighted by molar-refractivity contribution is 5.71. The van der Waals surface area contributed by atoms with Crippen LogP contribution in [0.25, 0.3) is 0 Å². The van der Waals surface area contributed by atoms with Crippen molar-refractivity contribution in [3.63, 3.8) is 0 Å². The number of primary amides is 1. The molecule has 0 fully saturated rings. The maximum atomic E-state index is 10.3. The number of aliphatic hydroxyl groups is 1. The van der Waals surface area contributed by atoms with Crippen LogP contribution in [-0.4, -0.2) is 35.9 Å². The lowest BCUT2D eigenvalue weighted by atomic mass is 10.0. The molecule has 0 aromatic heterocycles. The molecule has 0 aliphatic rings. The first-order valence-electron chi connectivity index (χ1n) is 4.33. The minimum atomic E-state index is -0.757. The number of urea groups is 1. The maximum Gasteiger partial charge on any atom is 0.312 e. The van der Waals surface area contributed by atoms with E-state index in [2.05, 4.69) is 10.6 Å². The van der Waals surface area contributed by atoms with Crippen LogP contribution in [0.2, 0.25) is 0 Å². The zero-order valence-corrected chi connectivity index (χ0v) is 8.42. The highest BCUT2D eigenvalue weighted by atomic mass is 16.3. The Bertz CT molecular complexity index is 165. The van der Waals surface area contributed by atoms with Crippen LogP contribution in [0.3, 0.4) is 0 Å². The van der Waals surface area contributed by atoms with Crippen LogP contribution in [0.15, 0.2) is 0 Å². The van der Waals surface area contributed by atoms with Crippen molar-refractivity contribution in [1.29, 1.82) is 0 Å². The Hall–Kier alpha value is -0.810. The first-order chi connectivity index (χ1) is 5.84. The van der Waals surface area contributed by atoms with Crippen molar-refractivity contribution in [1.82, 2.24) is 10.6 Å². The summed E-state index contributed by atoms with van der Waals surface area (Å²) in [6.07, 6.45) is 0. The van der Waals surface area contributed by atoms with Crippen molar-refractivity contribution >= 4 is 6.03 Å². The van der Waals surface area contributed by atoms with Gasteiger partial charge >= 0.3 is 6.03 Å². The molecule has 0 aromatic rings. The molecule has 5 N–H and O–H groups in total. The van der Waals surface area contributed by atoms with Crippen LogP contribution >= 0.6 is 0 Å². The second kappa shape index (κ2) is 5.04. The van der Waals surface area contributed by atoms with Crippen molar-refractivity contribution in [2.45, 2.75) is 32.4 Å². The first-order valence-corrected chi connectivity index (χ1v) is 4.33. The predicted molar refractivity (Wildman–Crippen MR) is 51.3 cm³/mol. The first kappa shape index (κ1) is 12.2. The van der Waals surface area contributed by atoms with Crippen LogP contribution < -0.4 is 16.4 Å². The lowest BCUT2D eigenvalue weighted by Crippen LogP contribution is -2.47. The second-order valence-electron chi connectivity index (χ2n) is 3.62. The van der Waals surface area contributed by atoms with Gasteiger partial charge in [0.05, 0.1) is 5.60 Å². The molecule has 0 aliphatic carbocycles. The van der Waals surface area contributed by atoms with E-state index in [1.54, 1.807) is 13.8 Å². The van der Waals surface area contributed by atoms with Gasteiger partial charge in [0, 0.05) is 19.1 Å². The van der Waals surface area contributed by atoms with Gasteiger partial charge < -0.3 is 21.5 Å². The van der Waals surface area contributed by atoms with Gasteiger partial charge in [-0.05, 0) is 20.8 Å². The third kappa shape index (κ3) is 6.36. The van der Waals surface area contributed by atoms with Gasteiger partial charge in [-0.25, -0.2) is 4.79 Å². The quantitative estimate of drug-likeness (QED) is 0.436. The number of hydrogen-bond donors (Lipinski definition) is 4. The highest BCUT2D eigenvalue weighted by Crippen LogP contribution is 2.06. The van der Waals surface area contributed by atoms with Crippen LogP contribution in [0.1, 0.15) is 20.8 Å². The number of amides is 2. The molecule has 0 spiro atoms. The summed E-state index contributed by atoms with van der Waals surface area (Å²) >= 11 is 0. The fourth-order valence-corrected chi connectivity index (χ4v) is 0.724. The third-order valence-electron chi connectivity index (χ3n) is 1.93. The number of hydrogen-bond acceptors (Lipinski definition) is 3. The van der Waals surface area contributed by atoms with Gasteiger partial charge in [-0.1, -0.05) is 0 Å². The summed E-state index contributed by atoms with van der Waals surface area (Å²) in [7, 11) is 0. The number of rotatable bonds is 5. The van der Waals surface area contributed by atoms with E-state index in [4.69, 9.17) is 5.73 Å². The standard InChI is InChI=1S/C8H19N3O2/c1-6(8(2,3)13)10-4-5-11-7(9)12/h6,10,13H,4-5H2,1-3H3,(H3,9,11,12). The molecular weight excluding hydrogens is 170 g/mol. The molecule has 5 heteroatoms. The molecule has 5 nitrogen and oxygen atoms in total. The summed E-state index contributed by atoms with van der Waals surface area (Å²) in [5.74, 6) is 0. The van der Waals surface area contributed by atoms with Crippen molar-refractivity contribution < 1.29 is 9.90 Å². The molecule has 1 unspecified atom stereocenters. The zero-order valence-electron chi connectivity index (χ0n) is 8.42. The summed E-state index contributed by atoms with van der Waals surface area (Å²) < 4.78 is 0. The van der Waals surface area contributed by atoms with Gasteiger partial charge in [0.25, 0.3) is 0 Å². The van der Waals surface area contributed by atoms with Crippen LogP contribution in [0.5, 0.6) is 0 Å². The molecule has 0 bridgehead atoms. The molecule has 1 atom stereocenters. The number of nitrogens with two attached hydrogens (primary N) is 1. The Morgan fingerprint density at radius 2 is 2.08 bits per heavy atom. The fourth-order valence-electron chi connectivity index (χ4n) is 0.724. The highest BCUT2D eigenvalue weighted by Gasteiger charge is 2.20. The number of carbonyl (C=O) groups excluding carboxylic acids is 1. The maximum absolute atomic E-state index is 10.3. The second-order valence-corrected chi connectivity index (χ2v) is 3.62. The van der Waals surface area contributed by atoms with Crippen molar-refractivity contribution in [3.8, 4) is 0 Å². The van der Waals surface area contributed by atoms with Crippen LogP contribution in [0, 0.1) is 0 Å². The van der Waals surface area contributed by atoms with Gasteiger partial charge in [0.15, 0.2) is 0 Å². The van der Waals surface area contributed by atoms with Gasteiger partial charge in [-0.3, -0.25) is 0 Å². The monoisotopic (exact) mass is 189 g/mol. The molecule has 13 heavy (non-hydrogen) atoms. The molecule has 0 aromatic carbocycles. The smallest absolute Gasteiger partial charge is 0.312 e. The molecule has 0 saturated carbocycles. The van der Waals surface area contributed by atoms with Gasteiger partial charge in [-0.2, -0.15) is 0 Å². The Morgan fingerprint density at radius 1 is 1.54 bits per heavy atom. The van der Waals surface area contributed by atoms with Gasteiger partial charge in [0.2, 0.25) is 0 Å². The van der Waals surface area contributed by atoms with Crippen molar-refractivity contribution in [3.05, 3.63) is 0 Å². The molecule has 0 saturated heterocycles. The molecule has 0 rings (SSSR count). The molecule has 78 valence electrons. The minimum absolute atomic E-state index is 0.0258. The Morgan fingerprint density at radius 3 is 2.46 bits per heavy atom. The summed E-state index contributed by atoms with van der Waals surface area (Å²) in [5.41, 5.74) is 4.11. The molecular formula is C8H19N3O2.